The highest BCUT2D eigenvalue weighted by molar-refractivity contribution is 6.34. The van der Waals surface area contributed by atoms with E-state index in [1.54, 1.807) is 22.9 Å². The molecule has 4 rings (SSSR count). The van der Waals surface area contributed by atoms with Gasteiger partial charge in [0.25, 0.3) is 5.91 Å². The maximum atomic E-state index is 12.9. The lowest BCUT2D eigenvalue weighted by Crippen LogP contribution is -2.51. The molecule has 37 heavy (non-hydrogen) atoms. The molecule has 0 spiro atoms. The number of hydrogen-bond donors (Lipinski definition) is 1. The van der Waals surface area contributed by atoms with Crippen LogP contribution in [0.3, 0.4) is 0 Å². The van der Waals surface area contributed by atoms with Crippen molar-refractivity contribution in [2.24, 2.45) is 0 Å². The average molecular weight is 539 g/mol. The summed E-state index contributed by atoms with van der Waals surface area (Å²) in [5, 5.41) is 7.47. The number of carbonyl (C=O) groups excluding carboxylic acids is 3. The van der Waals surface area contributed by atoms with Gasteiger partial charge in [0.05, 0.1) is 22.8 Å². The Morgan fingerprint density at radius 2 is 1.81 bits per heavy atom. The number of aromatic nitrogens is 3. The van der Waals surface area contributed by atoms with Gasteiger partial charge in [-0.05, 0) is 31.2 Å². The molecule has 1 aliphatic rings. The van der Waals surface area contributed by atoms with Crippen LogP contribution in [0.25, 0.3) is 10.9 Å². The minimum Gasteiger partial charge on any atom is -0.450 e. The maximum Gasteiger partial charge on any atom is 0.433 e. The Morgan fingerprint density at radius 3 is 2.49 bits per heavy atom. The van der Waals surface area contributed by atoms with Crippen LogP contribution < -0.4 is 5.32 Å². The highest BCUT2D eigenvalue weighted by Gasteiger charge is 2.33. The molecule has 1 fully saturated rings. The first-order valence-electron chi connectivity index (χ1n) is 11.3. The van der Waals surface area contributed by atoms with Crippen LogP contribution in [0, 0.1) is 0 Å². The number of pyridine rings is 1. The predicted octanol–water partition coefficient (Wildman–Crippen LogP) is 3.66. The van der Waals surface area contributed by atoms with Gasteiger partial charge in [-0.1, -0.05) is 17.7 Å². The summed E-state index contributed by atoms with van der Waals surface area (Å²) >= 11 is 6.26. The zero-order valence-corrected chi connectivity index (χ0v) is 20.3. The minimum atomic E-state index is -4.69. The van der Waals surface area contributed by atoms with Gasteiger partial charge in [-0.25, -0.2) is 9.78 Å². The zero-order valence-electron chi connectivity index (χ0n) is 19.6. The van der Waals surface area contributed by atoms with Crippen molar-refractivity contribution in [2.75, 3.05) is 38.1 Å². The van der Waals surface area contributed by atoms with Crippen molar-refractivity contribution in [1.29, 1.82) is 0 Å². The second-order valence-corrected chi connectivity index (χ2v) is 8.55. The van der Waals surface area contributed by atoms with E-state index in [2.05, 4.69) is 15.4 Å². The summed E-state index contributed by atoms with van der Waals surface area (Å²) in [6.07, 6.45) is -3.50. The lowest BCUT2D eigenvalue weighted by molar-refractivity contribution is -0.141. The number of piperazine rings is 1. The molecule has 1 aromatic carbocycles. The first-order chi connectivity index (χ1) is 17.5. The number of benzene rings is 1. The molecule has 0 atom stereocenters. The fourth-order valence-electron chi connectivity index (χ4n) is 3.77. The Kier molecular flexibility index (Phi) is 7.52. The Bertz CT molecular complexity index is 1340. The van der Waals surface area contributed by atoms with Crippen molar-refractivity contribution in [3.63, 3.8) is 0 Å². The van der Waals surface area contributed by atoms with E-state index in [0.717, 1.165) is 18.2 Å². The standard InChI is InChI=1S/C23H22ClF3N6O4/c1-2-37-22(36)32-8-6-31(7-9-32)20(34)13-33-12-14-10-18(15(24)11-17(14)30-33)29-21(35)16-4-3-5-19(28-16)23(25,26)27/h3-5,10-12H,2,6-9,13H2,1H3,(H,29,35). The van der Waals surface area contributed by atoms with Gasteiger partial charge >= 0.3 is 12.3 Å². The summed E-state index contributed by atoms with van der Waals surface area (Å²) in [6, 6.07) is 6.01. The molecule has 0 radical (unpaired) electrons. The number of amides is 3. The first-order valence-corrected chi connectivity index (χ1v) is 11.6. The topological polar surface area (TPSA) is 110 Å². The van der Waals surface area contributed by atoms with Gasteiger partial charge in [-0.15, -0.1) is 0 Å². The summed E-state index contributed by atoms with van der Waals surface area (Å²) in [5.41, 5.74) is -0.996. The lowest BCUT2D eigenvalue weighted by atomic mass is 10.2. The predicted molar refractivity (Wildman–Crippen MR) is 127 cm³/mol. The van der Waals surface area contributed by atoms with Gasteiger partial charge in [0, 0.05) is 37.8 Å². The molecule has 196 valence electrons. The molecule has 3 amide bonds. The number of carbonyl (C=O) groups is 3. The number of ether oxygens (including phenoxy) is 1. The molecule has 0 unspecified atom stereocenters. The molecule has 14 heteroatoms. The second kappa shape index (κ2) is 10.6. The van der Waals surface area contributed by atoms with E-state index in [4.69, 9.17) is 16.3 Å². The Balaban J connectivity index is 1.42. The number of hydrogen-bond acceptors (Lipinski definition) is 6. The maximum absolute atomic E-state index is 12.9. The molecule has 3 heterocycles. The quantitative estimate of drug-likeness (QED) is 0.531. The Labute approximate surface area is 213 Å². The van der Waals surface area contributed by atoms with Gasteiger partial charge in [0.15, 0.2) is 0 Å². The van der Waals surface area contributed by atoms with Crippen molar-refractivity contribution in [2.45, 2.75) is 19.6 Å². The summed E-state index contributed by atoms with van der Waals surface area (Å²) in [4.78, 5) is 43.6. The van der Waals surface area contributed by atoms with Gasteiger partial charge in [-0.2, -0.15) is 18.3 Å². The Hall–Kier alpha value is -3.87. The van der Waals surface area contributed by atoms with Crippen LogP contribution in [0.2, 0.25) is 5.02 Å². The average Bonchev–Trinajstić information content (AvgIpc) is 3.24. The summed E-state index contributed by atoms with van der Waals surface area (Å²) in [6.45, 7) is 3.41. The van der Waals surface area contributed by atoms with E-state index >= 15 is 0 Å². The molecular formula is C23H22ClF3N6O4. The highest BCUT2D eigenvalue weighted by atomic mass is 35.5. The number of fused-ring (bicyclic) bond motifs is 1. The van der Waals surface area contributed by atoms with Crippen LogP contribution >= 0.6 is 11.6 Å². The molecule has 10 nitrogen and oxygen atoms in total. The van der Waals surface area contributed by atoms with Crippen molar-refractivity contribution >= 4 is 46.1 Å². The molecule has 1 aliphatic heterocycles. The SMILES string of the molecule is CCOC(=O)N1CCN(C(=O)Cn2cc3cc(NC(=O)c4cccc(C(F)(F)F)n4)c(Cl)cc3n2)CC1. The van der Waals surface area contributed by atoms with E-state index in [-0.39, 0.29) is 29.8 Å². The number of alkyl halides is 3. The molecule has 0 saturated carbocycles. The van der Waals surface area contributed by atoms with Crippen LogP contribution in [0.4, 0.5) is 23.7 Å². The van der Waals surface area contributed by atoms with E-state index in [0.29, 0.717) is 37.1 Å². The van der Waals surface area contributed by atoms with Gasteiger partial charge in [-0.3, -0.25) is 14.3 Å². The van der Waals surface area contributed by atoms with Gasteiger partial charge in [0.1, 0.15) is 17.9 Å². The number of nitrogens with one attached hydrogen (secondary N) is 1. The van der Waals surface area contributed by atoms with Crippen molar-refractivity contribution in [3.8, 4) is 0 Å². The van der Waals surface area contributed by atoms with E-state index < -0.39 is 29.6 Å². The minimum absolute atomic E-state index is 0.0540. The molecular weight excluding hydrogens is 517 g/mol. The molecule has 1 N–H and O–H groups in total. The third-order valence-electron chi connectivity index (χ3n) is 5.62. The molecule has 0 bridgehead atoms. The largest absolute Gasteiger partial charge is 0.450 e. The van der Waals surface area contributed by atoms with Crippen LogP contribution in [-0.4, -0.2) is 75.3 Å². The number of rotatable bonds is 5. The number of anilines is 1. The van der Waals surface area contributed by atoms with Crippen LogP contribution in [0.1, 0.15) is 23.1 Å². The van der Waals surface area contributed by atoms with E-state index in [9.17, 15) is 27.6 Å². The molecule has 1 saturated heterocycles. The number of nitrogens with zero attached hydrogens (tertiary/aromatic N) is 5. The Morgan fingerprint density at radius 1 is 1.11 bits per heavy atom. The summed E-state index contributed by atoms with van der Waals surface area (Å²) < 4.78 is 45.1. The fourth-order valence-corrected chi connectivity index (χ4v) is 3.98. The van der Waals surface area contributed by atoms with Crippen molar-refractivity contribution in [3.05, 3.63) is 52.9 Å². The molecule has 3 aromatic rings. The third-order valence-corrected chi connectivity index (χ3v) is 5.93. The van der Waals surface area contributed by atoms with Gasteiger partial charge in [0.2, 0.25) is 5.91 Å². The van der Waals surface area contributed by atoms with Crippen LogP contribution in [-0.2, 0) is 22.3 Å². The van der Waals surface area contributed by atoms with Crippen LogP contribution in [0.15, 0.2) is 36.5 Å². The van der Waals surface area contributed by atoms with Gasteiger partial charge < -0.3 is 19.9 Å². The summed E-state index contributed by atoms with van der Waals surface area (Å²) in [5.74, 6) is -1.05. The zero-order chi connectivity index (χ0) is 26.7. The normalized spacial score (nSPS) is 14.1. The molecule has 0 aliphatic carbocycles. The third kappa shape index (κ3) is 6.10. The number of halogens is 4. The first kappa shape index (κ1) is 26.2. The second-order valence-electron chi connectivity index (χ2n) is 8.14. The monoisotopic (exact) mass is 538 g/mol. The molecule has 2 aromatic heterocycles. The van der Waals surface area contributed by atoms with Crippen molar-refractivity contribution < 1.29 is 32.3 Å². The summed E-state index contributed by atoms with van der Waals surface area (Å²) in [7, 11) is 0. The van der Waals surface area contributed by atoms with Crippen LogP contribution in [0.5, 0.6) is 0 Å². The highest BCUT2D eigenvalue weighted by Crippen LogP contribution is 2.29. The fraction of sp³-hybridized carbons (Fsp3) is 0.348. The lowest BCUT2D eigenvalue weighted by Gasteiger charge is -2.34. The smallest absolute Gasteiger partial charge is 0.433 e. The van der Waals surface area contributed by atoms with E-state index in [1.807, 2.05) is 0 Å². The van der Waals surface area contributed by atoms with E-state index in [1.165, 1.54) is 16.8 Å². The van der Waals surface area contributed by atoms with Crippen molar-refractivity contribution in [1.82, 2.24) is 24.6 Å².